The van der Waals surface area contributed by atoms with E-state index in [9.17, 15) is 0 Å². The molecule has 3 nitrogen and oxygen atoms in total. The van der Waals surface area contributed by atoms with Crippen molar-refractivity contribution in [1.29, 1.82) is 0 Å². The molecule has 0 amide bonds. The van der Waals surface area contributed by atoms with Crippen molar-refractivity contribution < 1.29 is 0 Å². The lowest BCUT2D eigenvalue weighted by Crippen LogP contribution is -2.12. The van der Waals surface area contributed by atoms with E-state index in [1.807, 2.05) is 23.7 Å². The zero-order valence-corrected chi connectivity index (χ0v) is 12.8. The molecule has 0 saturated heterocycles. The molecule has 4 heteroatoms. The first-order chi connectivity index (χ1) is 8.97. The lowest BCUT2D eigenvalue weighted by molar-refractivity contribution is 0.590. The molecule has 2 aromatic rings. The summed E-state index contributed by atoms with van der Waals surface area (Å²) in [4.78, 5) is 0. The number of para-hydroxylation sites is 1. The SMILES string of the molecule is Cn1nc(NSC2CC2)c2cccc(C(C)(C)C)c21. The second kappa shape index (κ2) is 4.44. The van der Waals surface area contributed by atoms with Crippen LogP contribution in [-0.4, -0.2) is 15.0 Å². The summed E-state index contributed by atoms with van der Waals surface area (Å²) >= 11 is 1.81. The molecule has 1 aliphatic rings. The van der Waals surface area contributed by atoms with E-state index in [2.05, 4.69) is 48.8 Å². The third kappa shape index (κ3) is 2.46. The van der Waals surface area contributed by atoms with Gasteiger partial charge in [0.1, 0.15) is 0 Å². The molecule has 1 aliphatic carbocycles. The Kier molecular flexibility index (Phi) is 3.01. The van der Waals surface area contributed by atoms with E-state index in [0.29, 0.717) is 0 Å². The Hall–Kier alpha value is -1.16. The molecule has 0 aliphatic heterocycles. The van der Waals surface area contributed by atoms with Crippen molar-refractivity contribution in [3.05, 3.63) is 23.8 Å². The number of hydrogen-bond donors (Lipinski definition) is 1. The third-order valence-corrected chi connectivity index (χ3v) is 4.64. The van der Waals surface area contributed by atoms with Crippen LogP contribution in [0.2, 0.25) is 0 Å². The number of anilines is 1. The van der Waals surface area contributed by atoms with Crippen molar-refractivity contribution in [3.8, 4) is 0 Å². The first-order valence-corrected chi connectivity index (χ1v) is 7.72. The Balaban J connectivity index is 2.05. The number of aromatic nitrogens is 2. The highest BCUT2D eigenvalue weighted by molar-refractivity contribution is 8.01. The largest absolute Gasteiger partial charge is 0.312 e. The van der Waals surface area contributed by atoms with Crippen LogP contribution in [0.15, 0.2) is 18.2 Å². The molecule has 0 bridgehead atoms. The van der Waals surface area contributed by atoms with Crippen LogP contribution in [-0.2, 0) is 12.5 Å². The van der Waals surface area contributed by atoms with E-state index in [1.165, 1.54) is 29.3 Å². The highest BCUT2D eigenvalue weighted by Crippen LogP contribution is 2.37. The number of nitrogens with one attached hydrogen (secondary N) is 1. The van der Waals surface area contributed by atoms with Crippen LogP contribution in [0, 0.1) is 0 Å². The van der Waals surface area contributed by atoms with Gasteiger partial charge in [0.05, 0.1) is 5.52 Å². The Bertz CT molecular complexity index is 606. The van der Waals surface area contributed by atoms with E-state index in [1.54, 1.807) is 0 Å². The summed E-state index contributed by atoms with van der Waals surface area (Å²) in [5.41, 5.74) is 2.73. The highest BCUT2D eigenvalue weighted by Gasteiger charge is 2.24. The van der Waals surface area contributed by atoms with Gasteiger partial charge < -0.3 is 4.72 Å². The zero-order valence-electron chi connectivity index (χ0n) is 12.0. The number of benzene rings is 1. The summed E-state index contributed by atoms with van der Waals surface area (Å²) in [6.45, 7) is 6.75. The van der Waals surface area contributed by atoms with Gasteiger partial charge in [-0.2, -0.15) is 5.10 Å². The van der Waals surface area contributed by atoms with Gasteiger partial charge in [-0.15, -0.1) is 0 Å². The van der Waals surface area contributed by atoms with Gasteiger partial charge in [0.25, 0.3) is 0 Å². The maximum Gasteiger partial charge on any atom is 0.165 e. The summed E-state index contributed by atoms with van der Waals surface area (Å²) in [5.74, 6) is 1.00. The topological polar surface area (TPSA) is 29.9 Å². The van der Waals surface area contributed by atoms with E-state index < -0.39 is 0 Å². The van der Waals surface area contributed by atoms with Crippen LogP contribution >= 0.6 is 11.9 Å². The van der Waals surface area contributed by atoms with Gasteiger partial charge in [0.15, 0.2) is 5.82 Å². The summed E-state index contributed by atoms with van der Waals surface area (Å²) in [6.07, 6.45) is 2.66. The summed E-state index contributed by atoms with van der Waals surface area (Å²) < 4.78 is 5.44. The Morgan fingerprint density at radius 2 is 2.05 bits per heavy atom. The molecule has 1 N–H and O–H groups in total. The second-order valence-corrected chi connectivity index (χ2v) is 7.45. The monoisotopic (exact) mass is 275 g/mol. The molecule has 19 heavy (non-hydrogen) atoms. The van der Waals surface area contributed by atoms with Crippen molar-refractivity contribution >= 4 is 28.7 Å². The molecule has 1 aromatic carbocycles. The fourth-order valence-corrected chi connectivity index (χ4v) is 3.14. The van der Waals surface area contributed by atoms with Gasteiger partial charge in [-0.3, -0.25) is 4.68 Å². The molecule has 1 aromatic heterocycles. The predicted octanol–water partition coefficient (Wildman–Crippen LogP) is 4.09. The van der Waals surface area contributed by atoms with Gasteiger partial charge in [-0.1, -0.05) is 32.9 Å². The van der Waals surface area contributed by atoms with E-state index in [4.69, 9.17) is 0 Å². The van der Waals surface area contributed by atoms with E-state index in [-0.39, 0.29) is 5.41 Å². The maximum atomic E-state index is 4.65. The van der Waals surface area contributed by atoms with E-state index in [0.717, 1.165) is 11.1 Å². The van der Waals surface area contributed by atoms with Crippen molar-refractivity contribution in [2.45, 2.75) is 44.3 Å². The van der Waals surface area contributed by atoms with Crippen molar-refractivity contribution in [2.24, 2.45) is 7.05 Å². The minimum absolute atomic E-state index is 0.133. The second-order valence-electron chi connectivity index (χ2n) is 6.34. The molecule has 3 rings (SSSR count). The summed E-state index contributed by atoms with van der Waals surface area (Å²) in [5, 5.41) is 6.65. The fraction of sp³-hybridized carbons (Fsp3) is 0.533. The molecule has 0 spiro atoms. The van der Waals surface area contributed by atoms with Crippen LogP contribution in [0.25, 0.3) is 10.9 Å². The number of fused-ring (bicyclic) bond motifs is 1. The van der Waals surface area contributed by atoms with E-state index >= 15 is 0 Å². The van der Waals surface area contributed by atoms with Gasteiger partial charge in [-0.05, 0) is 41.8 Å². The van der Waals surface area contributed by atoms with Gasteiger partial charge in [0.2, 0.25) is 0 Å². The molecule has 1 heterocycles. The summed E-state index contributed by atoms with van der Waals surface area (Å²) in [7, 11) is 2.03. The number of rotatable bonds is 3. The standard InChI is InChI=1S/C15H21N3S/c1-15(2,3)12-7-5-6-11-13(12)18(4)16-14(11)17-19-10-8-9-10/h5-7,10H,8-9H2,1-4H3,(H,16,17). The van der Waals surface area contributed by atoms with Gasteiger partial charge >= 0.3 is 0 Å². The first-order valence-electron chi connectivity index (χ1n) is 6.84. The van der Waals surface area contributed by atoms with Gasteiger partial charge in [0, 0.05) is 17.7 Å². The van der Waals surface area contributed by atoms with Crippen LogP contribution in [0.4, 0.5) is 5.82 Å². The molecule has 102 valence electrons. The lowest BCUT2D eigenvalue weighted by atomic mass is 9.86. The maximum absolute atomic E-state index is 4.65. The van der Waals surface area contributed by atoms with Crippen molar-refractivity contribution in [2.75, 3.05) is 4.72 Å². The Morgan fingerprint density at radius 1 is 1.32 bits per heavy atom. The predicted molar refractivity (Wildman–Crippen MR) is 83.6 cm³/mol. The molecule has 1 saturated carbocycles. The van der Waals surface area contributed by atoms with Crippen molar-refractivity contribution in [3.63, 3.8) is 0 Å². The van der Waals surface area contributed by atoms with Crippen LogP contribution in [0.3, 0.4) is 0 Å². The number of hydrogen-bond acceptors (Lipinski definition) is 3. The van der Waals surface area contributed by atoms with Crippen LogP contribution < -0.4 is 4.72 Å². The Morgan fingerprint density at radius 3 is 2.68 bits per heavy atom. The van der Waals surface area contributed by atoms with Crippen LogP contribution in [0.1, 0.15) is 39.2 Å². The quantitative estimate of drug-likeness (QED) is 0.856. The normalized spacial score (nSPS) is 16.0. The fourth-order valence-electron chi connectivity index (χ4n) is 2.34. The Labute approximate surface area is 118 Å². The van der Waals surface area contributed by atoms with Gasteiger partial charge in [-0.25, -0.2) is 0 Å². The first kappa shape index (κ1) is 12.9. The molecular weight excluding hydrogens is 254 g/mol. The van der Waals surface area contributed by atoms with Crippen LogP contribution in [0.5, 0.6) is 0 Å². The molecule has 0 atom stereocenters. The smallest absolute Gasteiger partial charge is 0.165 e. The van der Waals surface area contributed by atoms with Crippen molar-refractivity contribution in [1.82, 2.24) is 9.78 Å². The average Bonchev–Trinajstić information content (AvgIpc) is 3.11. The highest BCUT2D eigenvalue weighted by atomic mass is 32.2. The molecule has 1 fully saturated rings. The average molecular weight is 275 g/mol. The lowest BCUT2D eigenvalue weighted by Gasteiger charge is -2.20. The minimum atomic E-state index is 0.133. The molecule has 0 unspecified atom stereocenters. The minimum Gasteiger partial charge on any atom is -0.312 e. The molecule has 0 radical (unpaired) electrons. The number of nitrogens with zero attached hydrogens (tertiary/aromatic N) is 2. The number of aryl methyl sites for hydroxylation is 1. The molecular formula is C15H21N3S. The third-order valence-electron chi connectivity index (χ3n) is 3.52. The summed E-state index contributed by atoms with van der Waals surface area (Å²) in [6, 6.07) is 6.51. The zero-order chi connectivity index (χ0) is 13.6.